The smallest absolute Gasteiger partial charge is 0.431 e. The van der Waals surface area contributed by atoms with Crippen LogP contribution in [0, 0.1) is 0 Å². The molecule has 0 spiro atoms. The van der Waals surface area contributed by atoms with E-state index in [2.05, 4.69) is 15.5 Å². The zero-order valence-corrected chi connectivity index (χ0v) is 21.5. The number of oxime groups is 1. The average molecular weight is 550 g/mol. The van der Waals surface area contributed by atoms with Crippen molar-refractivity contribution in [1.82, 2.24) is 15.2 Å². The van der Waals surface area contributed by atoms with Crippen LogP contribution in [0.4, 0.5) is 9.93 Å². The zero-order chi connectivity index (χ0) is 25.0. The highest BCUT2D eigenvalue weighted by molar-refractivity contribution is 8.00. The van der Waals surface area contributed by atoms with Gasteiger partial charge >= 0.3 is 12.1 Å². The summed E-state index contributed by atoms with van der Waals surface area (Å²) in [7, 11) is 1.27. The molecule has 3 N–H and O–H groups in total. The highest BCUT2D eigenvalue weighted by Gasteiger charge is 2.53. The summed E-state index contributed by atoms with van der Waals surface area (Å²) in [5.74, 6) is -1.67. The molecular weight excluding hydrogens is 526 g/mol. The Morgan fingerprint density at radius 1 is 1.26 bits per heavy atom. The number of nitrogens with zero attached hydrogens (tertiary/aromatic N) is 3. The predicted molar refractivity (Wildman–Crippen MR) is 129 cm³/mol. The lowest BCUT2D eigenvalue weighted by atomic mass is 10.0. The number of carbonyl (C=O) groups excluding carboxylic acids is 4. The van der Waals surface area contributed by atoms with Crippen molar-refractivity contribution < 1.29 is 38.2 Å². The summed E-state index contributed by atoms with van der Waals surface area (Å²) in [6.45, 7) is 4.63. The Hall–Kier alpha value is -3.04. The van der Waals surface area contributed by atoms with E-state index in [-0.39, 0.29) is 34.6 Å². The van der Waals surface area contributed by atoms with Crippen LogP contribution < -0.4 is 11.1 Å². The first-order valence-corrected chi connectivity index (χ1v) is 11.9. The van der Waals surface area contributed by atoms with Crippen molar-refractivity contribution in [3.05, 3.63) is 22.8 Å². The van der Waals surface area contributed by atoms with Gasteiger partial charge in [-0.3, -0.25) is 14.5 Å². The van der Waals surface area contributed by atoms with Crippen molar-refractivity contribution in [3.63, 3.8) is 0 Å². The summed E-state index contributed by atoms with van der Waals surface area (Å²) in [4.78, 5) is 59.7. The quantitative estimate of drug-likeness (QED) is 0.157. The van der Waals surface area contributed by atoms with E-state index in [0.717, 1.165) is 11.3 Å². The molecule has 0 aliphatic carbocycles. The molecule has 1 aromatic rings. The fourth-order valence-corrected chi connectivity index (χ4v) is 4.76. The molecule has 2 amide bonds. The van der Waals surface area contributed by atoms with E-state index in [4.69, 9.17) is 24.8 Å². The van der Waals surface area contributed by atoms with E-state index >= 15 is 0 Å². The lowest BCUT2D eigenvalue weighted by molar-refractivity contribution is -0.169. The van der Waals surface area contributed by atoms with Gasteiger partial charge in [0.2, 0.25) is 6.29 Å². The van der Waals surface area contributed by atoms with E-state index in [9.17, 15) is 19.2 Å². The van der Waals surface area contributed by atoms with Crippen molar-refractivity contribution in [3.8, 4) is 0 Å². The van der Waals surface area contributed by atoms with Gasteiger partial charge in [0.25, 0.3) is 11.8 Å². The van der Waals surface area contributed by atoms with Gasteiger partial charge in [0.1, 0.15) is 29.9 Å². The fraction of sp³-hybridized carbons (Fsp3) is 0.474. The van der Waals surface area contributed by atoms with Gasteiger partial charge in [-0.1, -0.05) is 5.16 Å². The minimum atomic E-state index is -1.24. The maximum Gasteiger partial charge on any atom is 0.511 e. The van der Waals surface area contributed by atoms with Crippen molar-refractivity contribution in [1.29, 1.82) is 0 Å². The number of halogens is 1. The molecule has 0 bridgehead atoms. The Bertz CT molecular complexity index is 1050. The standard InChI is InChI=1S/C19H23N5O8S2.ClH/c1-8(2)30-19(28)32-9(3)31-17(27)11-5-6-33-16-13(15(26)24(11)16)22-14(25)12(23-29-4)10-7-34-18(20)21-10;/h5,7-9,13,16H,6H2,1-4H3,(H2,20,21)(H,22,25);1H/t9?,13?,16-;/m0./s1. The fourth-order valence-electron chi connectivity index (χ4n) is 3.02. The maximum atomic E-state index is 12.8. The number of fused-ring (bicyclic) bond motifs is 1. The van der Waals surface area contributed by atoms with Gasteiger partial charge in [-0.25, -0.2) is 14.6 Å². The summed E-state index contributed by atoms with van der Waals surface area (Å²) in [6.07, 6.45) is -1.10. The van der Waals surface area contributed by atoms with Crippen LogP contribution in [0.1, 0.15) is 26.5 Å². The number of esters is 1. The molecule has 35 heavy (non-hydrogen) atoms. The third-order valence-corrected chi connectivity index (χ3v) is 6.23. The summed E-state index contributed by atoms with van der Waals surface area (Å²) in [5.41, 5.74) is 5.67. The summed E-state index contributed by atoms with van der Waals surface area (Å²) < 4.78 is 14.8. The predicted octanol–water partition coefficient (Wildman–Crippen LogP) is 1.23. The number of nitrogens with one attached hydrogen (secondary N) is 1. The SMILES string of the molecule is CON=C(C(=O)NC1C(=O)N2C(C(=O)OC(C)OC(=O)OC(C)C)=CCS[C@@H]12)c1csc(N)n1.Cl. The average Bonchev–Trinajstić information content (AvgIpc) is 3.19. The minimum Gasteiger partial charge on any atom is -0.431 e. The highest BCUT2D eigenvalue weighted by Crippen LogP contribution is 2.38. The molecule has 1 fully saturated rings. The topological polar surface area (TPSA) is 172 Å². The van der Waals surface area contributed by atoms with Crippen molar-refractivity contribution >= 4 is 70.3 Å². The molecule has 16 heteroatoms. The molecule has 2 unspecified atom stereocenters. The second-order valence-electron chi connectivity index (χ2n) is 7.17. The number of nitrogen functional groups attached to an aromatic ring is 1. The van der Waals surface area contributed by atoms with Gasteiger partial charge in [-0.15, -0.1) is 35.5 Å². The number of hydrogen-bond acceptors (Lipinski definition) is 13. The van der Waals surface area contributed by atoms with Crippen LogP contribution in [0.5, 0.6) is 0 Å². The van der Waals surface area contributed by atoms with Crippen molar-refractivity contribution in [2.24, 2.45) is 5.16 Å². The number of anilines is 1. The molecule has 1 aromatic heterocycles. The molecule has 0 aromatic carbocycles. The Labute approximate surface area is 214 Å². The van der Waals surface area contributed by atoms with Crippen LogP contribution in [0.15, 0.2) is 22.3 Å². The van der Waals surface area contributed by atoms with E-state index < -0.39 is 47.7 Å². The van der Waals surface area contributed by atoms with Crippen molar-refractivity contribution in [2.45, 2.75) is 44.6 Å². The number of ether oxygens (including phenoxy) is 3. The molecule has 3 rings (SSSR count). The lowest BCUT2D eigenvalue weighted by Gasteiger charge is -2.48. The first-order chi connectivity index (χ1) is 16.1. The molecule has 2 aliphatic rings. The number of amides is 2. The van der Waals surface area contributed by atoms with Gasteiger partial charge < -0.3 is 30.1 Å². The number of thioether (sulfide) groups is 1. The van der Waals surface area contributed by atoms with Crippen LogP contribution in [-0.2, 0) is 33.4 Å². The van der Waals surface area contributed by atoms with Gasteiger partial charge in [0.05, 0.1) is 6.10 Å². The number of rotatable bonds is 8. The van der Waals surface area contributed by atoms with E-state index in [0.29, 0.717) is 5.75 Å². The Morgan fingerprint density at radius 2 is 1.97 bits per heavy atom. The van der Waals surface area contributed by atoms with E-state index in [1.807, 2.05) is 0 Å². The first-order valence-electron chi connectivity index (χ1n) is 9.98. The van der Waals surface area contributed by atoms with Gasteiger partial charge in [-0.2, -0.15) is 0 Å². The molecule has 1 saturated heterocycles. The molecular formula is C19H24ClN5O8S2. The van der Waals surface area contributed by atoms with Crippen molar-refractivity contribution in [2.75, 3.05) is 18.6 Å². The number of β-lactam (4-membered cyclic amide) rings is 1. The number of thiazole rings is 1. The summed E-state index contributed by atoms with van der Waals surface area (Å²) >= 11 is 2.47. The minimum absolute atomic E-state index is 0. The van der Waals surface area contributed by atoms with Crippen LogP contribution in [0.2, 0.25) is 0 Å². The molecule has 0 saturated carbocycles. The number of carbonyl (C=O) groups is 4. The molecule has 3 atom stereocenters. The second-order valence-corrected chi connectivity index (χ2v) is 9.21. The van der Waals surface area contributed by atoms with Crippen LogP contribution >= 0.6 is 35.5 Å². The van der Waals surface area contributed by atoms with E-state index in [1.165, 1.54) is 42.2 Å². The highest BCUT2D eigenvalue weighted by atomic mass is 35.5. The third-order valence-electron chi connectivity index (χ3n) is 4.37. The number of hydrogen-bond donors (Lipinski definition) is 2. The molecule has 0 radical (unpaired) electrons. The molecule has 13 nitrogen and oxygen atoms in total. The summed E-state index contributed by atoms with van der Waals surface area (Å²) in [5, 5.41) is 7.52. The van der Waals surface area contributed by atoms with Crippen LogP contribution in [-0.4, -0.2) is 76.2 Å². The third kappa shape index (κ3) is 6.55. The van der Waals surface area contributed by atoms with Gasteiger partial charge in [0.15, 0.2) is 10.8 Å². The second kappa shape index (κ2) is 12.1. The Kier molecular flexibility index (Phi) is 9.73. The van der Waals surface area contributed by atoms with Crippen LogP contribution in [0.3, 0.4) is 0 Å². The number of aromatic nitrogens is 1. The lowest BCUT2D eigenvalue weighted by Crippen LogP contribution is -2.70. The van der Waals surface area contributed by atoms with Crippen LogP contribution in [0.25, 0.3) is 0 Å². The maximum absolute atomic E-state index is 12.8. The van der Waals surface area contributed by atoms with Gasteiger partial charge in [-0.05, 0) is 19.9 Å². The largest absolute Gasteiger partial charge is 0.511 e. The van der Waals surface area contributed by atoms with E-state index in [1.54, 1.807) is 13.8 Å². The molecule has 2 aliphatic heterocycles. The summed E-state index contributed by atoms with van der Waals surface area (Å²) in [6, 6.07) is -0.915. The zero-order valence-electron chi connectivity index (χ0n) is 19.1. The molecule has 3 heterocycles. The normalized spacial score (nSPS) is 19.9. The number of nitrogens with two attached hydrogens (primary N) is 1. The monoisotopic (exact) mass is 549 g/mol. The first kappa shape index (κ1) is 28.2. The molecule has 192 valence electrons. The Balaban J connectivity index is 0.00000432. The van der Waals surface area contributed by atoms with Gasteiger partial charge in [0, 0.05) is 18.1 Å². The Morgan fingerprint density at radius 3 is 2.57 bits per heavy atom.